The van der Waals surface area contributed by atoms with Crippen LogP contribution in [-0.4, -0.2) is 34.2 Å². The van der Waals surface area contributed by atoms with Gasteiger partial charge in [-0.3, -0.25) is 0 Å². The molecule has 4 unspecified atom stereocenters. The molecular weight excluding hydrogens is 234 g/mol. The lowest BCUT2D eigenvalue weighted by molar-refractivity contribution is -0.103. The monoisotopic (exact) mass is 255 g/mol. The number of fused-ring (bicyclic) bond motifs is 1. The van der Waals surface area contributed by atoms with Gasteiger partial charge in [0.15, 0.2) is 6.29 Å². The molecule has 102 valence electrons. The highest BCUT2D eigenvalue weighted by atomic mass is 16.6. The fourth-order valence-electron chi connectivity index (χ4n) is 4.20. The summed E-state index contributed by atoms with van der Waals surface area (Å²) in [6.45, 7) is 5.49. The number of amides is 1. The van der Waals surface area contributed by atoms with Crippen molar-refractivity contribution in [3.8, 4) is 0 Å². The molecule has 0 heterocycles. The van der Waals surface area contributed by atoms with Gasteiger partial charge in [-0.15, -0.1) is 0 Å². The van der Waals surface area contributed by atoms with Crippen molar-refractivity contribution in [2.75, 3.05) is 0 Å². The standard InChI is InChI=1S/C13H21NO4/c1-12(2,3)18-11(17)14-8-5-13(10(15)16)7-4-6(8)9(7)13/h6-10,15-16H,4-5H2,1-3H3,(H,14,17)/t6?,7?,8-,9?,13?/m1/s1. The molecule has 0 aromatic rings. The molecule has 3 saturated carbocycles. The SMILES string of the molecule is CC(C)(C)OC(=O)N[C@@H]1CC2(C(O)O)C3CC1C32. The maximum absolute atomic E-state index is 11.7. The number of carbonyl (C=O) groups is 1. The van der Waals surface area contributed by atoms with Gasteiger partial charge in [0.25, 0.3) is 0 Å². The number of ether oxygens (including phenoxy) is 1. The highest BCUT2D eigenvalue weighted by Gasteiger charge is 2.82. The minimum absolute atomic E-state index is 0.0386. The van der Waals surface area contributed by atoms with Crippen LogP contribution in [0.3, 0.4) is 0 Å². The minimum Gasteiger partial charge on any atom is -0.444 e. The second-order valence-electron chi connectivity index (χ2n) is 6.97. The molecular formula is C13H21NO4. The quantitative estimate of drug-likeness (QED) is 0.639. The lowest BCUT2D eigenvalue weighted by atomic mass is 9.77. The lowest BCUT2D eigenvalue weighted by Crippen LogP contribution is -2.46. The van der Waals surface area contributed by atoms with Crippen LogP contribution >= 0.6 is 0 Å². The number of alkyl carbamates (subject to hydrolysis) is 1. The molecule has 0 spiro atoms. The number of nitrogens with one attached hydrogen (secondary N) is 1. The van der Waals surface area contributed by atoms with Crippen molar-refractivity contribution < 1.29 is 19.7 Å². The van der Waals surface area contributed by atoms with E-state index in [1.54, 1.807) is 0 Å². The Morgan fingerprint density at radius 1 is 1.44 bits per heavy atom. The van der Waals surface area contributed by atoms with E-state index in [1.807, 2.05) is 20.8 Å². The zero-order chi connectivity index (χ0) is 13.3. The van der Waals surface area contributed by atoms with Gasteiger partial charge in [-0.05, 0) is 51.4 Å². The average Bonchev–Trinajstić information content (AvgIpc) is 2.51. The summed E-state index contributed by atoms with van der Waals surface area (Å²) < 4.78 is 5.23. The molecule has 5 nitrogen and oxygen atoms in total. The zero-order valence-corrected chi connectivity index (χ0v) is 11.0. The fourth-order valence-corrected chi connectivity index (χ4v) is 4.20. The van der Waals surface area contributed by atoms with Gasteiger partial charge >= 0.3 is 6.09 Å². The zero-order valence-electron chi connectivity index (χ0n) is 11.0. The summed E-state index contributed by atoms with van der Waals surface area (Å²) >= 11 is 0. The largest absolute Gasteiger partial charge is 0.444 e. The van der Waals surface area contributed by atoms with Gasteiger partial charge in [0.1, 0.15) is 5.60 Å². The van der Waals surface area contributed by atoms with Gasteiger partial charge < -0.3 is 20.3 Å². The maximum atomic E-state index is 11.7. The van der Waals surface area contributed by atoms with Gasteiger partial charge in [-0.25, -0.2) is 4.79 Å². The van der Waals surface area contributed by atoms with Crippen molar-refractivity contribution in [2.45, 2.75) is 51.5 Å². The molecule has 18 heavy (non-hydrogen) atoms. The van der Waals surface area contributed by atoms with Crippen LogP contribution in [0.5, 0.6) is 0 Å². The van der Waals surface area contributed by atoms with Crippen molar-refractivity contribution >= 4 is 6.09 Å². The van der Waals surface area contributed by atoms with Gasteiger partial charge in [0.05, 0.1) is 0 Å². The molecule has 3 N–H and O–H groups in total. The number of aliphatic hydroxyl groups is 2. The highest BCUT2D eigenvalue weighted by molar-refractivity contribution is 5.68. The Hall–Kier alpha value is -0.810. The van der Waals surface area contributed by atoms with E-state index < -0.39 is 18.0 Å². The van der Waals surface area contributed by atoms with Crippen LogP contribution < -0.4 is 5.32 Å². The molecule has 0 aromatic heterocycles. The highest BCUT2D eigenvalue weighted by Crippen LogP contribution is 2.81. The first-order valence-corrected chi connectivity index (χ1v) is 6.61. The number of rotatable bonds is 2. The van der Waals surface area contributed by atoms with Gasteiger partial charge in [0.2, 0.25) is 0 Å². The van der Waals surface area contributed by atoms with E-state index in [9.17, 15) is 15.0 Å². The molecule has 5 heteroatoms. The van der Waals surface area contributed by atoms with Crippen molar-refractivity contribution in [3.05, 3.63) is 0 Å². The second-order valence-corrected chi connectivity index (χ2v) is 6.97. The van der Waals surface area contributed by atoms with E-state index in [-0.39, 0.29) is 11.5 Å². The minimum atomic E-state index is -1.25. The molecule has 0 aromatic carbocycles. The Morgan fingerprint density at radius 2 is 2.11 bits per heavy atom. The van der Waals surface area contributed by atoms with Crippen LogP contribution in [0.1, 0.15) is 33.6 Å². The maximum Gasteiger partial charge on any atom is 0.407 e. The molecule has 0 bridgehead atoms. The van der Waals surface area contributed by atoms with Gasteiger partial charge in [-0.2, -0.15) is 0 Å². The third-order valence-electron chi connectivity index (χ3n) is 4.90. The summed E-state index contributed by atoms with van der Waals surface area (Å²) in [6, 6.07) is 0.0386. The summed E-state index contributed by atoms with van der Waals surface area (Å²) in [5, 5.41) is 21.9. The van der Waals surface area contributed by atoms with Crippen molar-refractivity contribution in [1.29, 1.82) is 0 Å². The van der Waals surface area contributed by atoms with Crippen LogP contribution in [-0.2, 0) is 4.74 Å². The van der Waals surface area contributed by atoms with Crippen molar-refractivity contribution in [2.24, 2.45) is 23.2 Å². The lowest BCUT2D eigenvalue weighted by Gasteiger charge is -2.35. The molecule has 1 amide bonds. The van der Waals surface area contributed by atoms with Crippen molar-refractivity contribution in [3.63, 3.8) is 0 Å². The van der Waals surface area contributed by atoms with Gasteiger partial charge in [-0.1, -0.05) is 0 Å². The van der Waals surface area contributed by atoms with Crippen molar-refractivity contribution in [1.82, 2.24) is 5.32 Å². The van der Waals surface area contributed by atoms with E-state index in [1.165, 1.54) is 0 Å². The Labute approximate surface area is 107 Å². The van der Waals surface area contributed by atoms with Crippen LogP contribution in [0, 0.1) is 23.2 Å². The van der Waals surface area contributed by atoms with E-state index in [4.69, 9.17) is 4.74 Å². The van der Waals surface area contributed by atoms with Crippen LogP contribution in [0.25, 0.3) is 0 Å². The Balaban J connectivity index is 1.59. The third-order valence-corrected chi connectivity index (χ3v) is 4.90. The van der Waals surface area contributed by atoms with Crippen LogP contribution in [0.4, 0.5) is 4.79 Å². The normalized spacial score (nSPS) is 44.3. The van der Waals surface area contributed by atoms with E-state index in [0.29, 0.717) is 24.2 Å². The molecule has 3 fully saturated rings. The van der Waals surface area contributed by atoms with E-state index in [0.717, 1.165) is 6.42 Å². The summed E-state index contributed by atoms with van der Waals surface area (Å²) in [5.41, 5.74) is -0.827. The Kier molecular flexibility index (Phi) is 2.31. The fraction of sp³-hybridized carbons (Fsp3) is 0.923. The molecule has 3 aliphatic rings. The second kappa shape index (κ2) is 3.39. The number of carbonyl (C=O) groups excluding carboxylic acids is 1. The topological polar surface area (TPSA) is 78.8 Å². The summed E-state index contributed by atoms with van der Waals surface area (Å²) in [7, 11) is 0. The Morgan fingerprint density at radius 3 is 2.61 bits per heavy atom. The van der Waals surface area contributed by atoms with Gasteiger partial charge in [0, 0.05) is 11.5 Å². The number of hydrogen-bond donors (Lipinski definition) is 3. The first kappa shape index (κ1) is 12.2. The van der Waals surface area contributed by atoms with E-state index >= 15 is 0 Å². The smallest absolute Gasteiger partial charge is 0.407 e. The average molecular weight is 255 g/mol. The predicted octanol–water partition coefficient (Wildman–Crippen LogP) is 0.846. The molecule has 5 atom stereocenters. The third kappa shape index (κ3) is 1.50. The summed E-state index contributed by atoms with van der Waals surface area (Å²) in [5.74, 6) is 1.28. The van der Waals surface area contributed by atoms with E-state index in [2.05, 4.69) is 5.32 Å². The predicted molar refractivity (Wildman–Crippen MR) is 63.5 cm³/mol. The molecule has 3 rings (SSSR count). The first-order chi connectivity index (χ1) is 8.25. The Bertz CT molecular complexity index is 385. The number of hydrogen-bond acceptors (Lipinski definition) is 4. The van der Waals surface area contributed by atoms with Crippen LogP contribution in [0.2, 0.25) is 0 Å². The molecule has 0 aliphatic heterocycles. The molecule has 0 radical (unpaired) electrons. The molecule has 0 saturated heterocycles. The first-order valence-electron chi connectivity index (χ1n) is 6.61. The number of aliphatic hydroxyl groups excluding tert-OH is 1. The molecule has 3 aliphatic carbocycles. The van der Waals surface area contributed by atoms with Crippen LogP contribution in [0.15, 0.2) is 0 Å². The summed E-state index contributed by atoms with van der Waals surface area (Å²) in [4.78, 5) is 11.7. The summed E-state index contributed by atoms with van der Waals surface area (Å²) in [6.07, 6.45) is 0.0231.